The zero-order chi connectivity index (χ0) is 24.5. The maximum atomic E-state index is 14.2. The molecule has 180 valence electrons. The van der Waals surface area contributed by atoms with E-state index in [9.17, 15) is 9.18 Å². The molecule has 3 heterocycles. The number of hydrogen-bond donors (Lipinski definition) is 1. The molecule has 4 aromatic rings. The van der Waals surface area contributed by atoms with Crippen molar-refractivity contribution in [3.8, 4) is 5.75 Å². The zero-order valence-electron chi connectivity index (χ0n) is 19.8. The van der Waals surface area contributed by atoms with Crippen molar-refractivity contribution in [1.82, 2.24) is 9.97 Å². The number of hydrogen-bond acceptors (Lipinski definition) is 7. The number of para-hydroxylation sites is 1. The Morgan fingerprint density at radius 2 is 1.80 bits per heavy atom. The molecule has 1 amide bonds. The maximum absolute atomic E-state index is 14.2. The Labute approximate surface area is 207 Å². The average Bonchev–Trinajstić information content (AvgIpc) is 3.21. The molecular weight excluding hydrogens is 465 g/mol. The van der Waals surface area contributed by atoms with Gasteiger partial charge >= 0.3 is 0 Å². The van der Waals surface area contributed by atoms with Gasteiger partial charge < -0.3 is 19.9 Å². The van der Waals surface area contributed by atoms with Gasteiger partial charge in [-0.25, -0.2) is 14.4 Å². The molecule has 0 aliphatic carbocycles. The molecule has 0 saturated carbocycles. The molecule has 0 spiro atoms. The van der Waals surface area contributed by atoms with Crippen molar-refractivity contribution in [3.05, 3.63) is 70.6 Å². The monoisotopic (exact) mass is 491 g/mol. The minimum absolute atomic E-state index is 0.204. The zero-order valence-corrected chi connectivity index (χ0v) is 20.7. The molecule has 1 saturated heterocycles. The lowest BCUT2D eigenvalue weighted by Crippen LogP contribution is -2.47. The highest BCUT2D eigenvalue weighted by atomic mass is 32.1. The van der Waals surface area contributed by atoms with Gasteiger partial charge in [0.15, 0.2) is 0 Å². The normalized spacial score (nSPS) is 13.8. The van der Waals surface area contributed by atoms with Crippen molar-refractivity contribution in [3.63, 3.8) is 0 Å². The molecule has 5 rings (SSSR count). The van der Waals surface area contributed by atoms with Crippen molar-refractivity contribution in [1.29, 1.82) is 0 Å². The fraction of sp³-hybridized carbons (Fsp3) is 0.269. The summed E-state index contributed by atoms with van der Waals surface area (Å²) in [5.41, 5.74) is 3.13. The Hall–Kier alpha value is -3.72. The highest BCUT2D eigenvalue weighted by Gasteiger charge is 2.25. The van der Waals surface area contributed by atoms with E-state index in [4.69, 9.17) is 4.74 Å². The van der Waals surface area contributed by atoms with Crippen LogP contribution in [0, 0.1) is 19.7 Å². The molecule has 9 heteroatoms. The lowest BCUT2D eigenvalue weighted by molar-refractivity contribution is 0.102. The van der Waals surface area contributed by atoms with Gasteiger partial charge in [0.25, 0.3) is 5.91 Å². The number of ether oxygens (including phenoxy) is 1. The smallest absolute Gasteiger partial charge is 0.266 e. The number of amides is 1. The fourth-order valence-corrected chi connectivity index (χ4v) is 5.51. The third-order valence-electron chi connectivity index (χ3n) is 6.29. The van der Waals surface area contributed by atoms with E-state index in [1.807, 2.05) is 44.2 Å². The molecule has 0 atom stereocenters. The molecule has 0 bridgehead atoms. The predicted octanol–water partition coefficient (Wildman–Crippen LogP) is 5.03. The summed E-state index contributed by atoms with van der Waals surface area (Å²) in [5.74, 6) is 1.00. The lowest BCUT2D eigenvalue weighted by Gasteiger charge is -2.37. The van der Waals surface area contributed by atoms with E-state index in [1.54, 1.807) is 19.5 Å². The Bertz CT molecular complexity index is 1400. The Morgan fingerprint density at radius 1 is 1.06 bits per heavy atom. The number of nitrogens with zero attached hydrogens (tertiary/aromatic N) is 4. The topological polar surface area (TPSA) is 70.6 Å². The molecule has 1 N–H and O–H groups in total. The minimum Gasteiger partial charge on any atom is -0.495 e. The van der Waals surface area contributed by atoms with Crippen LogP contribution in [0.15, 0.2) is 48.8 Å². The van der Waals surface area contributed by atoms with E-state index in [-0.39, 0.29) is 11.7 Å². The molecule has 2 aromatic carbocycles. The van der Waals surface area contributed by atoms with E-state index in [2.05, 4.69) is 25.1 Å². The van der Waals surface area contributed by atoms with Crippen LogP contribution in [0.2, 0.25) is 0 Å². The predicted molar refractivity (Wildman–Crippen MR) is 139 cm³/mol. The number of thiophene rings is 1. The van der Waals surface area contributed by atoms with Gasteiger partial charge in [-0.05, 0) is 49.2 Å². The van der Waals surface area contributed by atoms with Gasteiger partial charge in [-0.1, -0.05) is 18.2 Å². The maximum Gasteiger partial charge on any atom is 0.266 e. The highest BCUT2D eigenvalue weighted by molar-refractivity contribution is 7.20. The van der Waals surface area contributed by atoms with Crippen molar-refractivity contribution in [2.24, 2.45) is 0 Å². The number of carbonyl (C=O) groups excluding carboxylic acids is 1. The van der Waals surface area contributed by atoms with Crippen molar-refractivity contribution in [2.75, 3.05) is 48.4 Å². The van der Waals surface area contributed by atoms with Gasteiger partial charge in [-0.2, -0.15) is 0 Å². The van der Waals surface area contributed by atoms with Gasteiger partial charge in [-0.3, -0.25) is 4.79 Å². The number of rotatable bonds is 5. The Kier molecular flexibility index (Phi) is 6.25. The summed E-state index contributed by atoms with van der Waals surface area (Å²) in [6.45, 7) is 6.64. The van der Waals surface area contributed by atoms with Crippen LogP contribution >= 0.6 is 11.3 Å². The number of methoxy groups -OCH3 is 1. The second-order valence-corrected chi connectivity index (χ2v) is 9.52. The van der Waals surface area contributed by atoms with Crippen LogP contribution in [0.5, 0.6) is 5.75 Å². The standard InChI is InChI=1S/C26H26FN5O2S/c1-16-8-9-21(34-3)19(14-16)30-25(33)23-17(2)22-24(28-15-29-26(22)35-23)32-12-10-31(11-13-32)20-7-5-4-6-18(20)27/h4-9,14-15H,10-13H2,1-3H3,(H,30,33). The van der Waals surface area contributed by atoms with Gasteiger partial charge in [-0.15, -0.1) is 11.3 Å². The number of fused-ring (bicyclic) bond motifs is 1. The molecule has 0 unspecified atom stereocenters. The molecule has 1 aliphatic rings. The van der Waals surface area contributed by atoms with Crippen LogP contribution < -0.4 is 19.9 Å². The van der Waals surface area contributed by atoms with Crippen molar-refractivity contribution >= 4 is 44.7 Å². The van der Waals surface area contributed by atoms with Gasteiger partial charge in [0.2, 0.25) is 0 Å². The summed E-state index contributed by atoms with van der Waals surface area (Å²) in [5, 5.41) is 3.88. The first kappa shape index (κ1) is 23.0. The van der Waals surface area contributed by atoms with Crippen molar-refractivity contribution in [2.45, 2.75) is 13.8 Å². The fourth-order valence-electron chi connectivity index (χ4n) is 4.48. The minimum atomic E-state index is -0.208. The number of carbonyl (C=O) groups is 1. The number of nitrogens with one attached hydrogen (secondary N) is 1. The van der Waals surface area contributed by atoms with E-state index >= 15 is 0 Å². The van der Waals surface area contributed by atoms with E-state index < -0.39 is 0 Å². The summed E-state index contributed by atoms with van der Waals surface area (Å²) >= 11 is 1.36. The first-order valence-corrected chi connectivity index (χ1v) is 12.2. The summed E-state index contributed by atoms with van der Waals surface area (Å²) in [4.78, 5) is 27.9. The molecule has 35 heavy (non-hydrogen) atoms. The first-order chi connectivity index (χ1) is 17.0. The molecule has 7 nitrogen and oxygen atoms in total. The van der Waals surface area contributed by atoms with Crippen molar-refractivity contribution < 1.29 is 13.9 Å². The molecule has 0 radical (unpaired) electrons. The van der Waals surface area contributed by atoms with Crippen LogP contribution in [0.1, 0.15) is 20.8 Å². The number of aryl methyl sites for hydroxylation is 2. The van der Waals surface area contributed by atoms with E-state index in [1.165, 1.54) is 17.4 Å². The quantitative estimate of drug-likeness (QED) is 0.422. The van der Waals surface area contributed by atoms with Crippen LogP contribution in [-0.2, 0) is 0 Å². The second kappa shape index (κ2) is 9.50. The average molecular weight is 492 g/mol. The van der Waals surface area contributed by atoms with Gasteiger partial charge in [0, 0.05) is 26.2 Å². The molecular formula is C26H26FN5O2S. The summed E-state index contributed by atoms with van der Waals surface area (Å²) in [7, 11) is 1.58. The number of piperazine rings is 1. The Morgan fingerprint density at radius 3 is 2.54 bits per heavy atom. The summed E-state index contributed by atoms with van der Waals surface area (Å²) in [6, 6.07) is 12.5. The lowest BCUT2D eigenvalue weighted by atomic mass is 10.1. The Balaban J connectivity index is 1.40. The molecule has 1 aliphatic heterocycles. The number of anilines is 3. The summed E-state index contributed by atoms with van der Waals surface area (Å²) in [6.07, 6.45) is 1.54. The van der Waals surface area contributed by atoms with Crippen LogP contribution in [0.4, 0.5) is 21.6 Å². The highest BCUT2D eigenvalue weighted by Crippen LogP contribution is 2.36. The SMILES string of the molecule is COc1ccc(C)cc1NC(=O)c1sc2ncnc(N3CCN(c4ccccc4F)CC3)c2c1C. The van der Waals surface area contributed by atoms with Crippen LogP contribution in [-0.4, -0.2) is 49.2 Å². The van der Waals surface area contributed by atoms with E-state index in [0.29, 0.717) is 48.2 Å². The van der Waals surface area contributed by atoms with Gasteiger partial charge in [0.1, 0.15) is 28.5 Å². The van der Waals surface area contributed by atoms with E-state index in [0.717, 1.165) is 27.2 Å². The number of halogens is 1. The third kappa shape index (κ3) is 4.39. The van der Waals surface area contributed by atoms with Crippen LogP contribution in [0.3, 0.4) is 0 Å². The first-order valence-electron chi connectivity index (χ1n) is 11.4. The molecule has 2 aromatic heterocycles. The van der Waals surface area contributed by atoms with Crippen LogP contribution in [0.25, 0.3) is 10.2 Å². The second-order valence-electron chi connectivity index (χ2n) is 8.52. The largest absolute Gasteiger partial charge is 0.495 e. The molecule has 1 fully saturated rings. The third-order valence-corrected chi connectivity index (χ3v) is 7.49. The number of aromatic nitrogens is 2. The number of benzene rings is 2. The van der Waals surface area contributed by atoms with Gasteiger partial charge in [0.05, 0.1) is 28.7 Å². The summed E-state index contributed by atoms with van der Waals surface area (Å²) < 4.78 is 19.6.